The van der Waals surface area contributed by atoms with Crippen molar-refractivity contribution in [2.45, 2.75) is 0 Å². The van der Waals surface area contributed by atoms with Gasteiger partial charge >= 0.3 is 5.97 Å². The van der Waals surface area contributed by atoms with Crippen LogP contribution in [0, 0.1) is 0 Å². The zero-order chi connectivity index (χ0) is 26.8. The number of hydrazone groups is 1. The Morgan fingerprint density at radius 2 is 1.67 bits per heavy atom. The number of ether oxygens (including phenoxy) is 1. The van der Waals surface area contributed by atoms with Gasteiger partial charge in [-0.3, -0.25) is 4.79 Å². The van der Waals surface area contributed by atoms with E-state index in [9.17, 15) is 9.59 Å². The number of aromatic amines is 1. The van der Waals surface area contributed by atoms with Crippen LogP contribution in [-0.4, -0.2) is 23.1 Å². The van der Waals surface area contributed by atoms with Crippen LogP contribution in [-0.2, 0) is 0 Å². The van der Waals surface area contributed by atoms with Gasteiger partial charge in [0.1, 0.15) is 11.4 Å². The first-order valence-corrected chi connectivity index (χ1v) is 12.4. The van der Waals surface area contributed by atoms with E-state index in [0.717, 1.165) is 27.2 Å². The first-order chi connectivity index (χ1) is 19.1. The first-order valence-electron chi connectivity index (χ1n) is 12.1. The van der Waals surface area contributed by atoms with Gasteiger partial charge in [-0.15, -0.1) is 0 Å². The van der Waals surface area contributed by atoms with Crippen LogP contribution in [0.2, 0.25) is 5.02 Å². The van der Waals surface area contributed by atoms with Crippen LogP contribution >= 0.6 is 11.6 Å². The summed E-state index contributed by atoms with van der Waals surface area (Å²) in [6, 6.07) is 29.3. The van der Waals surface area contributed by atoms with Crippen LogP contribution < -0.4 is 10.2 Å². The van der Waals surface area contributed by atoms with E-state index in [1.165, 1.54) is 18.5 Å². The number of H-pyrrole nitrogens is 1. The molecule has 7 nitrogen and oxygen atoms in total. The van der Waals surface area contributed by atoms with Gasteiger partial charge in [-0.25, -0.2) is 10.2 Å². The Hall–Kier alpha value is -5.14. The molecule has 0 aliphatic heterocycles. The summed E-state index contributed by atoms with van der Waals surface area (Å²) in [5.41, 5.74) is 5.64. The lowest BCUT2D eigenvalue weighted by molar-refractivity contribution is 0.0701. The number of benzene rings is 4. The van der Waals surface area contributed by atoms with Crippen molar-refractivity contribution in [3.8, 4) is 16.9 Å². The average molecular weight is 534 g/mol. The van der Waals surface area contributed by atoms with E-state index in [0.29, 0.717) is 21.8 Å². The number of rotatable bonds is 6. The van der Waals surface area contributed by atoms with Gasteiger partial charge in [0.25, 0.3) is 5.91 Å². The van der Waals surface area contributed by atoms with Gasteiger partial charge in [-0.05, 0) is 35.7 Å². The van der Waals surface area contributed by atoms with Crippen LogP contribution in [0.25, 0.3) is 32.8 Å². The third-order valence-corrected chi connectivity index (χ3v) is 6.61. The normalized spacial score (nSPS) is 11.3. The van der Waals surface area contributed by atoms with Crippen molar-refractivity contribution in [1.82, 2.24) is 10.4 Å². The summed E-state index contributed by atoms with van der Waals surface area (Å²) in [7, 11) is 0. The van der Waals surface area contributed by atoms with Gasteiger partial charge in [0, 0.05) is 32.5 Å². The molecule has 0 saturated carbocycles. The zero-order valence-corrected chi connectivity index (χ0v) is 21.1. The zero-order valence-electron chi connectivity index (χ0n) is 20.4. The van der Waals surface area contributed by atoms with E-state index in [2.05, 4.69) is 15.5 Å². The van der Waals surface area contributed by atoms with Crippen molar-refractivity contribution >= 4 is 51.4 Å². The van der Waals surface area contributed by atoms with Crippen LogP contribution in [0.5, 0.6) is 5.75 Å². The third-order valence-electron chi connectivity index (χ3n) is 6.28. The number of para-hydroxylation sites is 1. The van der Waals surface area contributed by atoms with Crippen molar-refractivity contribution in [1.29, 1.82) is 0 Å². The summed E-state index contributed by atoms with van der Waals surface area (Å²) in [6.45, 7) is 0. The molecule has 2 aromatic heterocycles. The van der Waals surface area contributed by atoms with Gasteiger partial charge in [-0.1, -0.05) is 78.3 Å². The monoisotopic (exact) mass is 533 g/mol. The molecule has 0 unspecified atom stereocenters. The average Bonchev–Trinajstić information content (AvgIpc) is 3.63. The maximum atomic E-state index is 13.5. The highest BCUT2D eigenvalue weighted by Crippen LogP contribution is 2.39. The number of carbonyl (C=O) groups is 2. The van der Waals surface area contributed by atoms with Gasteiger partial charge in [0.2, 0.25) is 5.76 Å². The molecule has 1 amide bonds. The number of hydrogen-bond acceptors (Lipinski definition) is 5. The highest BCUT2D eigenvalue weighted by Gasteiger charge is 2.22. The number of halogens is 1. The maximum Gasteiger partial charge on any atom is 0.379 e. The largest absolute Gasteiger partial charge is 0.457 e. The first kappa shape index (κ1) is 24.2. The van der Waals surface area contributed by atoms with E-state index in [-0.39, 0.29) is 11.5 Å². The minimum absolute atomic E-state index is 0.0773. The van der Waals surface area contributed by atoms with E-state index < -0.39 is 11.9 Å². The molecule has 0 aliphatic carbocycles. The molecule has 0 radical (unpaired) electrons. The molecule has 8 heteroatoms. The molecular formula is C31H20ClN3O4. The Labute approximate surface area is 227 Å². The molecule has 0 atom stereocenters. The lowest BCUT2D eigenvalue weighted by atomic mass is 9.99. The fourth-order valence-corrected chi connectivity index (χ4v) is 4.72. The van der Waals surface area contributed by atoms with Gasteiger partial charge in [0.05, 0.1) is 18.0 Å². The van der Waals surface area contributed by atoms with Crippen LogP contribution in [0.15, 0.2) is 113 Å². The molecule has 190 valence electrons. The second-order valence-corrected chi connectivity index (χ2v) is 9.08. The van der Waals surface area contributed by atoms with Gasteiger partial charge in [0.15, 0.2) is 0 Å². The molecule has 2 heterocycles. The minimum atomic E-state index is -0.639. The lowest BCUT2D eigenvalue weighted by Gasteiger charge is -2.07. The fraction of sp³-hybridized carbons (Fsp3) is 0. The second kappa shape index (κ2) is 10.3. The SMILES string of the molecule is O=C(Oc1ccccc1C=NNC(=O)c1[nH]c2c(ccc3ccccc32)c1-c1ccccc1Cl)c1ccco1. The topological polar surface area (TPSA) is 96.7 Å². The number of nitrogens with zero attached hydrogens (tertiary/aromatic N) is 1. The van der Waals surface area contributed by atoms with Crippen LogP contribution in [0.3, 0.4) is 0 Å². The molecule has 0 aliphatic rings. The van der Waals surface area contributed by atoms with Crippen molar-refractivity contribution < 1.29 is 18.7 Å². The Bertz CT molecular complexity index is 1870. The van der Waals surface area contributed by atoms with Crippen LogP contribution in [0.4, 0.5) is 0 Å². The Morgan fingerprint density at radius 1 is 0.872 bits per heavy atom. The number of hydrogen-bond donors (Lipinski definition) is 2. The minimum Gasteiger partial charge on any atom is -0.457 e. The smallest absolute Gasteiger partial charge is 0.379 e. The predicted molar refractivity (Wildman–Crippen MR) is 151 cm³/mol. The summed E-state index contributed by atoms with van der Waals surface area (Å²) in [5.74, 6) is -0.745. The maximum absolute atomic E-state index is 13.5. The lowest BCUT2D eigenvalue weighted by Crippen LogP contribution is -2.19. The summed E-state index contributed by atoms with van der Waals surface area (Å²) < 4.78 is 10.5. The quantitative estimate of drug-likeness (QED) is 0.102. The molecule has 6 rings (SSSR count). The Balaban J connectivity index is 1.34. The standard InChI is InChI=1S/C31H20ClN3O4/c32-24-12-5-4-11-22(24)27-23-16-15-19-8-1-3-10-21(19)28(23)34-29(27)30(36)35-33-18-20-9-2-6-13-25(20)39-31(37)26-14-7-17-38-26/h1-18,34H,(H,35,36). The van der Waals surface area contributed by atoms with Gasteiger partial charge < -0.3 is 14.1 Å². The van der Waals surface area contributed by atoms with E-state index in [4.69, 9.17) is 20.8 Å². The van der Waals surface area contributed by atoms with E-state index in [1.54, 1.807) is 36.4 Å². The number of carbonyl (C=O) groups excluding carboxylic acids is 2. The molecule has 4 aromatic carbocycles. The number of fused-ring (bicyclic) bond motifs is 3. The number of furan rings is 1. The number of amides is 1. The van der Waals surface area contributed by atoms with E-state index >= 15 is 0 Å². The summed E-state index contributed by atoms with van der Waals surface area (Å²) in [6.07, 6.45) is 2.80. The third kappa shape index (κ3) is 4.67. The molecule has 39 heavy (non-hydrogen) atoms. The van der Waals surface area contributed by atoms with Crippen LogP contribution in [0.1, 0.15) is 26.6 Å². The highest BCUT2D eigenvalue weighted by molar-refractivity contribution is 6.34. The predicted octanol–water partition coefficient (Wildman–Crippen LogP) is 7.22. The molecular weight excluding hydrogens is 514 g/mol. The summed E-state index contributed by atoms with van der Waals surface area (Å²) in [4.78, 5) is 29.1. The second-order valence-electron chi connectivity index (χ2n) is 8.67. The number of esters is 1. The number of aromatic nitrogens is 1. The van der Waals surface area contributed by atoms with Crippen molar-refractivity contribution in [3.63, 3.8) is 0 Å². The highest BCUT2D eigenvalue weighted by atomic mass is 35.5. The molecule has 0 bridgehead atoms. The number of nitrogens with one attached hydrogen (secondary N) is 2. The molecule has 0 fully saturated rings. The van der Waals surface area contributed by atoms with Crippen molar-refractivity contribution in [2.24, 2.45) is 5.10 Å². The molecule has 0 saturated heterocycles. The Kier molecular flexibility index (Phi) is 6.40. The van der Waals surface area contributed by atoms with Crippen molar-refractivity contribution in [3.05, 3.63) is 125 Å². The Morgan fingerprint density at radius 3 is 2.51 bits per heavy atom. The summed E-state index contributed by atoms with van der Waals surface area (Å²) in [5, 5.41) is 7.57. The fourth-order valence-electron chi connectivity index (χ4n) is 4.49. The molecule has 2 N–H and O–H groups in total. The van der Waals surface area contributed by atoms with E-state index in [1.807, 2.05) is 54.6 Å². The molecule has 6 aromatic rings. The van der Waals surface area contributed by atoms with Gasteiger partial charge in [-0.2, -0.15) is 5.10 Å². The summed E-state index contributed by atoms with van der Waals surface area (Å²) >= 11 is 6.57. The molecule has 0 spiro atoms. The van der Waals surface area contributed by atoms with Crippen molar-refractivity contribution in [2.75, 3.05) is 0 Å².